The molecule has 7 heteroatoms. The van der Waals surface area contributed by atoms with Gasteiger partial charge in [0.2, 0.25) is 12.7 Å². The summed E-state index contributed by atoms with van der Waals surface area (Å²) in [6.45, 7) is 3.76. The van der Waals surface area contributed by atoms with Crippen LogP contribution in [0.5, 0.6) is 11.5 Å². The van der Waals surface area contributed by atoms with E-state index in [0.29, 0.717) is 31.8 Å². The minimum absolute atomic E-state index is 0.0347. The third-order valence-electron chi connectivity index (χ3n) is 5.03. The summed E-state index contributed by atoms with van der Waals surface area (Å²) in [4.78, 5) is 29.2. The zero-order chi connectivity index (χ0) is 18.8. The van der Waals surface area contributed by atoms with Crippen LogP contribution in [-0.4, -0.2) is 47.5 Å². The molecule has 142 valence electrons. The highest BCUT2D eigenvalue weighted by molar-refractivity contribution is 5.96. The summed E-state index contributed by atoms with van der Waals surface area (Å²) in [5.74, 6) is 1.43. The number of hydrogen-bond acceptors (Lipinski definition) is 5. The van der Waals surface area contributed by atoms with Crippen LogP contribution in [0.1, 0.15) is 35.9 Å². The van der Waals surface area contributed by atoms with Crippen molar-refractivity contribution in [2.75, 3.05) is 19.9 Å². The predicted molar refractivity (Wildman–Crippen MR) is 96.4 cm³/mol. The second kappa shape index (κ2) is 7.34. The van der Waals surface area contributed by atoms with E-state index in [1.54, 1.807) is 21.9 Å². The van der Waals surface area contributed by atoms with Crippen LogP contribution < -0.4 is 9.47 Å². The topological polar surface area (TPSA) is 72.2 Å². The average Bonchev–Trinajstić information content (AvgIpc) is 3.45. The third kappa shape index (κ3) is 3.37. The number of hydrogen-bond donors (Lipinski definition) is 0. The molecule has 1 saturated heterocycles. The Morgan fingerprint density at radius 2 is 2.07 bits per heavy atom. The summed E-state index contributed by atoms with van der Waals surface area (Å²) in [6.07, 6.45) is 2.95. The Hall–Kier alpha value is -2.96. The zero-order valence-electron chi connectivity index (χ0n) is 15.2. The molecular weight excluding hydrogens is 348 g/mol. The second-order valence-corrected chi connectivity index (χ2v) is 6.67. The molecule has 4 rings (SSSR count). The molecular formula is C20H22N2O5. The minimum Gasteiger partial charge on any atom is -0.459 e. The molecule has 3 heterocycles. The van der Waals surface area contributed by atoms with Gasteiger partial charge < -0.3 is 23.7 Å². The molecule has 7 nitrogen and oxygen atoms in total. The largest absolute Gasteiger partial charge is 0.459 e. The van der Waals surface area contributed by atoms with Gasteiger partial charge >= 0.3 is 0 Å². The molecule has 1 unspecified atom stereocenters. The lowest BCUT2D eigenvalue weighted by molar-refractivity contribution is -0.135. The molecule has 0 saturated carbocycles. The number of likely N-dealkylation sites (tertiary alicyclic amines) is 1. The van der Waals surface area contributed by atoms with Crippen LogP contribution in [0.15, 0.2) is 41.0 Å². The Labute approximate surface area is 157 Å². The van der Waals surface area contributed by atoms with E-state index in [9.17, 15) is 9.59 Å². The highest BCUT2D eigenvalue weighted by Gasteiger charge is 2.37. The number of ether oxygens (including phenoxy) is 2. The minimum atomic E-state index is -0.448. The number of nitrogens with zero attached hydrogens (tertiary/aromatic N) is 2. The summed E-state index contributed by atoms with van der Waals surface area (Å²) < 4.78 is 16.0. The van der Waals surface area contributed by atoms with Crippen molar-refractivity contribution in [1.29, 1.82) is 0 Å². The first-order valence-corrected chi connectivity index (χ1v) is 9.19. The van der Waals surface area contributed by atoms with Crippen molar-refractivity contribution in [2.45, 2.75) is 32.4 Å². The van der Waals surface area contributed by atoms with Crippen LogP contribution in [0, 0.1) is 0 Å². The fourth-order valence-corrected chi connectivity index (χ4v) is 3.62. The van der Waals surface area contributed by atoms with Crippen LogP contribution in [0.4, 0.5) is 0 Å². The molecule has 1 aromatic heterocycles. The van der Waals surface area contributed by atoms with Crippen LogP contribution in [0.3, 0.4) is 0 Å². The normalized spacial score (nSPS) is 18.0. The second-order valence-electron chi connectivity index (χ2n) is 6.67. The molecule has 2 aromatic rings. The van der Waals surface area contributed by atoms with Gasteiger partial charge in [0, 0.05) is 19.6 Å². The Kier molecular flexibility index (Phi) is 4.75. The van der Waals surface area contributed by atoms with Crippen molar-refractivity contribution in [2.24, 2.45) is 0 Å². The molecule has 1 atom stereocenters. The summed E-state index contributed by atoms with van der Waals surface area (Å²) >= 11 is 0. The number of furan rings is 1. The van der Waals surface area contributed by atoms with Crippen LogP contribution >= 0.6 is 0 Å². The van der Waals surface area contributed by atoms with E-state index in [4.69, 9.17) is 13.9 Å². The third-order valence-corrected chi connectivity index (χ3v) is 5.03. The van der Waals surface area contributed by atoms with Crippen LogP contribution in [0.2, 0.25) is 0 Å². The van der Waals surface area contributed by atoms with Crippen LogP contribution in [-0.2, 0) is 11.3 Å². The average molecular weight is 370 g/mol. The number of amides is 2. The number of carbonyl (C=O) groups excluding carboxylic acids is 2. The highest BCUT2D eigenvalue weighted by atomic mass is 16.7. The molecule has 0 spiro atoms. The van der Waals surface area contributed by atoms with Gasteiger partial charge in [0.15, 0.2) is 17.3 Å². The maximum absolute atomic E-state index is 13.1. The van der Waals surface area contributed by atoms with E-state index in [1.165, 1.54) is 6.26 Å². The standard InChI is InChI=1S/C20H22N2O5/c1-2-21(12-14-7-8-16-18(11-14)27-13-26-16)19(23)15-5-3-9-22(15)20(24)17-6-4-10-25-17/h4,6-8,10-11,15H,2-3,5,9,12-13H2,1H3. The van der Waals surface area contributed by atoms with Gasteiger partial charge in [0.25, 0.3) is 5.91 Å². The van der Waals surface area contributed by atoms with E-state index in [1.807, 2.05) is 25.1 Å². The van der Waals surface area contributed by atoms with Gasteiger partial charge in [-0.3, -0.25) is 9.59 Å². The van der Waals surface area contributed by atoms with Crippen molar-refractivity contribution in [3.63, 3.8) is 0 Å². The van der Waals surface area contributed by atoms with Crippen molar-refractivity contribution in [1.82, 2.24) is 9.80 Å². The molecule has 2 aliphatic rings. The lowest BCUT2D eigenvalue weighted by atomic mass is 10.1. The predicted octanol–water partition coefficient (Wildman–Crippen LogP) is 2.66. The molecule has 2 amide bonds. The maximum Gasteiger partial charge on any atom is 0.290 e. The number of rotatable bonds is 5. The van der Waals surface area contributed by atoms with Gasteiger partial charge in [-0.05, 0) is 49.6 Å². The molecule has 27 heavy (non-hydrogen) atoms. The fraction of sp³-hybridized carbons (Fsp3) is 0.400. The van der Waals surface area contributed by atoms with E-state index in [2.05, 4.69) is 0 Å². The Balaban J connectivity index is 1.48. The van der Waals surface area contributed by atoms with Crippen molar-refractivity contribution in [3.8, 4) is 11.5 Å². The van der Waals surface area contributed by atoms with E-state index in [0.717, 1.165) is 17.7 Å². The van der Waals surface area contributed by atoms with Gasteiger partial charge in [-0.1, -0.05) is 6.07 Å². The number of fused-ring (bicyclic) bond motifs is 1. The van der Waals surface area contributed by atoms with Gasteiger partial charge in [0.05, 0.1) is 6.26 Å². The molecule has 0 radical (unpaired) electrons. The summed E-state index contributed by atoms with van der Waals surface area (Å²) in [5.41, 5.74) is 0.969. The first-order valence-electron chi connectivity index (χ1n) is 9.19. The molecule has 0 aliphatic carbocycles. The summed E-state index contributed by atoms with van der Waals surface area (Å²) in [5, 5.41) is 0. The van der Waals surface area contributed by atoms with E-state index in [-0.39, 0.29) is 24.4 Å². The lowest BCUT2D eigenvalue weighted by Gasteiger charge is -2.29. The Bertz CT molecular complexity index is 833. The monoisotopic (exact) mass is 370 g/mol. The SMILES string of the molecule is CCN(Cc1ccc2c(c1)OCO2)C(=O)C1CCCN1C(=O)c1ccco1. The van der Waals surface area contributed by atoms with Gasteiger partial charge in [-0.2, -0.15) is 0 Å². The maximum atomic E-state index is 13.1. The molecule has 1 aromatic carbocycles. The summed E-state index contributed by atoms with van der Waals surface area (Å²) in [6, 6.07) is 8.56. The first-order chi connectivity index (χ1) is 13.2. The van der Waals surface area contributed by atoms with E-state index < -0.39 is 6.04 Å². The van der Waals surface area contributed by atoms with Crippen molar-refractivity contribution in [3.05, 3.63) is 47.9 Å². The quantitative estimate of drug-likeness (QED) is 0.809. The number of carbonyl (C=O) groups is 2. The molecule has 0 bridgehead atoms. The summed E-state index contributed by atoms with van der Waals surface area (Å²) in [7, 11) is 0. The fourth-order valence-electron chi connectivity index (χ4n) is 3.62. The highest BCUT2D eigenvalue weighted by Crippen LogP contribution is 2.33. The Morgan fingerprint density at radius 1 is 1.22 bits per heavy atom. The Morgan fingerprint density at radius 3 is 2.85 bits per heavy atom. The zero-order valence-corrected chi connectivity index (χ0v) is 15.2. The molecule has 1 fully saturated rings. The molecule has 0 N–H and O–H groups in total. The lowest BCUT2D eigenvalue weighted by Crippen LogP contribution is -2.47. The van der Waals surface area contributed by atoms with Gasteiger partial charge in [-0.25, -0.2) is 0 Å². The van der Waals surface area contributed by atoms with Crippen molar-refractivity contribution >= 4 is 11.8 Å². The number of likely N-dealkylation sites (N-methyl/N-ethyl adjacent to an activating group) is 1. The van der Waals surface area contributed by atoms with Gasteiger partial charge in [-0.15, -0.1) is 0 Å². The smallest absolute Gasteiger partial charge is 0.290 e. The first kappa shape index (κ1) is 17.5. The molecule has 2 aliphatic heterocycles. The van der Waals surface area contributed by atoms with Crippen LogP contribution in [0.25, 0.3) is 0 Å². The van der Waals surface area contributed by atoms with E-state index >= 15 is 0 Å². The van der Waals surface area contributed by atoms with Crippen molar-refractivity contribution < 1.29 is 23.5 Å². The van der Waals surface area contributed by atoms with Gasteiger partial charge in [0.1, 0.15) is 6.04 Å². The number of benzene rings is 1.